The third-order valence-electron chi connectivity index (χ3n) is 2.08. The van der Waals surface area contributed by atoms with Crippen LogP contribution in [-0.2, 0) is 0 Å². The van der Waals surface area contributed by atoms with E-state index >= 15 is 0 Å². The predicted molar refractivity (Wildman–Crippen MR) is 61.7 cm³/mol. The molecular formula is C10H15BrN2O2. The van der Waals surface area contributed by atoms with E-state index in [0.29, 0.717) is 12.1 Å². The van der Waals surface area contributed by atoms with Crippen LogP contribution in [0, 0.1) is 0 Å². The summed E-state index contributed by atoms with van der Waals surface area (Å²) in [5.74, 6) is -0.167. The molecule has 84 valence electrons. The highest BCUT2D eigenvalue weighted by atomic mass is 79.9. The monoisotopic (exact) mass is 274 g/mol. The minimum atomic E-state index is -0.399. The molecule has 5 heteroatoms. The molecule has 1 aromatic rings. The molecule has 15 heavy (non-hydrogen) atoms. The van der Waals surface area contributed by atoms with Crippen LogP contribution >= 0.6 is 15.9 Å². The minimum absolute atomic E-state index is 0.0572. The summed E-state index contributed by atoms with van der Waals surface area (Å²) < 4.78 is 0.840. The van der Waals surface area contributed by atoms with E-state index < -0.39 is 5.54 Å². The van der Waals surface area contributed by atoms with Gasteiger partial charge in [-0.3, -0.25) is 4.79 Å². The Labute approximate surface area is 97.2 Å². The second-order valence-corrected chi connectivity index (χ2v) is 4.96. The van der Waals surface area contributed by atoms with E-state index in [1.54, 1.807) is 12.3 Å². The Kier molecular flexibility index (Phi) is 3.93. The van der Waals surface area contributed by atoms with Crippen LogP contribution in [0.4, 0.5) is 0 Å². The van der Waals surface area contributed by atoms with Crippen molar-refractivity contribution in [1.82, 2.24) is 10.3 Å². The number of aromatic amines is 1. The highest BCUT2D eigenvalue weighted by molar-refractivity contribution is 9.10. The second kappa shape index (κ2) is 4.81. The van der Waals surface area contributed by atoms with Crippen molar-refractivity contribution in [2.45, 2.75) is 25.8 Å². The molecule has 0 aliphatic carbocycles. The van der Waals surface area contributed by atoms with E-state index in [9.17, 15) is 4.79 Å². The molecule has 0 aromatic carbocycles. The number of halogens is 1. The van der Waals surface area contributed by atoms with E-state index in [4.69, 9.17) is 5.11 Å². The molecule has 0 aliphatic heterocycles. The lowest BCUT2D eigenvalue weighted by Gasteiger charge is -2.24. The molecule has 0 aliphatic rings. The van der Waals surface area contributed by atoms with Crippen molar-refractivity contribution in [2.75, 3.05) is 6.61 Å². The van der Waals surface area contributed by atoms with Gasteiger partial charge in [-0.15, -0.1) is 0 Å². The maximum Gasteiger partial charge on any atom is 0.268 e. The Bertz CT molecular complexity index is 347. The Morgan fingerprint density at radius 3 is 2.80 bits per heavy atom. The van der Waals surface area contributed by atoms with Crippen molar-refractivity contribution < 1.29 is 9.90 Å². The largest absolute Gasteiger partial charge is 0.396 e. The van der Waals surface area contributed by atoms with Gasteiger partial charge in [0.2, 0.25) is 0 Å². The first-order chi connectivity index (χ1) is 6.94. The van der Waals surface area contributed by atoms with Crippen LogP contribution in [0.2, 0.25) is 0 Å². The topological polar surface area (TPSA) is 65.1 Å². The van der Waals surface area contributed by atoms with Crippen LogP contribution in [0.25, 0.3) is 0 Å². The van der Waals surface area contributed by atoms with E-state index in [-0.39, 0.29) is 12.5 Å². The Hall–Kier alpha value is -0.810. The molecule has 0 saturated heterocycles. The molecule has 4 nitrogen and oxygen atoms in total. The molecule has 0 spiro atoms. The number of carbonyl (C=O) groups excluding carboxylic acids is 1. The maximum absolute atomic E-state index is 11.7. The molecule has 1 heterocycles. The lowest BCUT2D eigenvalue weighted by Crippen LogP contribution is -2.44. The number of aromatic nitrogens is 1. The number of rotatable bonds is 4. The minimum Gasteiger partial charge on any atom is -0.396 e. The van der Waals surface area contributed by atoms with Gasteiger partial charge in [0.1, 0.15) is 5.69 Å². The highest BCUT2D eigenvalue weighted by Gasteiger charge is 2.21. The summed E-state index contributed by atoms with van der Waals surface area (Å²) in [7, 11) is 0. The van der Waals surface area contributed by atoms with Gasteiger partial charge in [-0.1, -0.05) is 0 Å². The first-order valence-corrected chi connectivity index (χ1v) is 5.51. The quantitative estimate of drug-likeness (QED) is 0.782. The van der Waals surface area contributed by atoms with Gasteiger partial charge in [0, 0.05) is 22.8 Å². The van der Waals surface area contributed by atoms with Crippen LogP contribution in [-0.4, -0.2) is 28.1 Å². The van der Waals surface area contributed by atoms with Crippen molar-refractivity contribution in [1.29, 1.82) is 0 Å². The first kappa shape index (κ1) is 12.3. The molecule has 0 unspecified atom stereocenters. The predicted octanol–water partition coefficient (Wildman–Crippen LogP) is 1.67. The zero-order valence-electron chi connectivity index (χ0n) is 8.80. The molecular weight excluding hydrogens is 260 g/mol. The number of aliphatic hydroxyl groups is 1. The second-order valence-electron chi connectivity index (χ2n) is 4.04. The number of aliphatic hydroxyl groups excluding tert-OH is 1. The van der Waals surface area contributed by atoms with E-state index in [1.807, 2.05) is 13.8 Å². The number of hydrogen-bond acceptors (Lipinski definition) is 2. The molecule has 0 radical (unpaired) electrons. The third kappa shape index (κ3) is 3.68. The highest BCUT2D eigenvalue weighted by Crippen LogP contribution is 2.13. The summed E-state index contributed by atoms with van der Waals surface area (Å²) in [5.41, 5.74) is 0.108. The molecule has 0 fully saturated rings. The zero-order chi connectivity index (χ0) is 11.5. The number of amides is 1. The van der Waals surface area contributed by atoms with E-state index in [1.165, 1.54) is 0 Å². The van der Waals surface area contributed by atoms with Crippen molar-refractivity contribution in [3.63, 3.8) is 0 Å². The summed E-state index contributed by atoms with van der Waals surface area (Å²) in [4.78, 5) is 14.6. The zero-order valence-corrected chi connectivity index (χ0v) is 10.4. The van der Waals surface area contributed by atoms with E-state index in [0.717, 1.165) is 4.47 Å². The Morgan fingerprint density at radius 1 is 1.67 bits per heavy atom. The fraction of sp³-hybridized carbons (Fsp3) is 0.500. The van der Waals surface area contributed by atoms with Gasteiger partial charge in [0.25, 0.3) is 5.91 Å². The smallest absolute Gasteiger partial charge is 0.268 e. The molecule has 0 atom stereocenters. The van der Waals surface area contributed by atoms with Crippen LogP contribution in [0.3, 0.4) is 0 Å². The van der Waals surface area contributed by atoms with Crippen LogP contribution < -0.4 is 5.32 Å². The van der Waals surface area contributed by atoms with Crippen LogP contribution in [0.15, 0.2) is 16.7 Å². The first-order valence-electron chi connectivity index (χ1n) is 4.72. The summed E-state index contributed by atoms with van der Waals surface area (Å²) in [6, 6.07) is 1.71. The number of nitrogens with one attached hydrogen (secondary N) is 2. The maximum atomic E-state index is 11.7. The number of hydrogen-bond donors (Lipinski definition) is 3. The summed E-state index contributed by atoms with van der Waals surface area (Å²) in [6.45, 7) is 3.81. The fourth-order valence-corrected chi connectivity index (χ4v) is 1.56. The van der Waals surface area contributed by atoms with Crippen molar-refractivity contribution in [3.8, 4) is 0 Å². The van der Waals surface area contributed by atoms with Gasteiger partial charge in [-0.2, -0.15) is 0 Å². The fourth-order valence-electron chi connectivity index (χ4n) is 1.22. The van der Waals surface area contributed by atoms with Crippen molar-refractivity contribution >= 4 is 21.8 Å². The van der Waals surface area contributed by atoms with Crippen LogP contribution in [0.5, 0.6) is 0 Å². The molecule has 1 aromatic heterocycles. The molecule has 1 amide bonds. The molecule has 3 N–H and O–H groups in total. The SMILES string of the molecule is CC(C)(CCO)NC(=O)c1cc(Br)c[nH]1. The summed E-state index contributed by atoms with van der Waals surface area (Å²) >= 11 is 3.26. The van der Waals surface area contributed by atoms with Crippen molar-refractivity contribution in [2.24, 2.45) is 0 Å². The van der Waals surface area contributed by atoms with Gasteiger partial charge in [0.15, 0.2) is 0 Å². The number of carbonyl (C=O) groups is 1. The van der Waals surface area contributed by atoms with Gasteiger partial charge >= 0.3 is 0 Å². The Balaban J connectivity index is 2.63. The average molecular weight is 275 g/mol. The molecule has 0 saturated carbocycles. The molecule has 0 bridgehead atoms. The van der Waals surface area contributed by atoms with Crippen molar-refractivity contribution in [3.05, 3.63) is 22.4 Å². The van der Waals surface area contributed by atoms with Gasteiger partial charge in [0.05, 0.1) is 0 Å². The van der Waals surface area contributed by atoms with Gasteiger partial charge in [-0.25, -0.2) is 0 Å². The molecule has 1 rings (SSSR count). The van der Waals surface area contributed by atoms with Gasteiger partial charge in [-0.05, 0) is 42.3 Å². The van der Waals surface area contributed by atoms with Gasteiger partial charge < -0.3 is 15.4 Å². The summed E-state index contributed by atoms with van der Waals surface area (Å²) in [6.07, 6.45) is 2.23. The lowest BCUT2D eigenvalue weighted by atomic mass is 10.0. The third-order valence-corrected chi connectivity index (χ3v) is 2.54. The normalized spacial score (nSPS) is 11.5. The summed E-state index contributed by atoms with van der Waals surface area (Å²) in [5, 5.41) is 11.7. The number of H-pyrrole nitrogens is 1. The lowest BCUT2D eigenvalue weighted by molar-refractivity contribution is 0.0895. The Morgan fingerprint density at radius 2 is 2.33 bits per heavy atom. The van der Waals surface area contributed by atoms with E-state index in [2.05, 4.69) is 26.2 Å². The standard InChI is InChI=1S/C10H15BrN2O2/c1-10(2,3-4-14)13-9(15)8-5-7(11)6-12-8/h5-6,12,14H,3-4H2,1-2H3,(H,13,15). The van der Waals surface area contributed by atoms with Crippen LogP contribution in [0.1, 0.15) is 30.8 Å². The average Bonchev–Trinajstić information content (AvgIpc) is 2.50.